The molecule has 2 aliphatic rings. The van der Waals surface area contributed by atoms with Crippen LogP contribution in [0.15, 0.2) is 54.6 Å². The van der Waals surface area contributed by atoms with Crippen molar-refractivity contribution >= 4 is 19.9 Å². The standard InChI is InChI=1S/C29H42ClNOSi/c1-27(2,33(3,4)32)17-18-28(24-9-6-5-7-10-24)19-21-31(22-20-28)23-29(15-8-16-29)25-11-13-26(30)14-12-25/h5-7,9-14,32H,8,15-23H2,1-4H3. The lowest BCUT2D eigenvalue weighted by Gasteiger charge is -2.50. The Hall–Kier alpha value is -1.13. The van der Waals surface area contributed by atoms with E-state index in [9.17, 15) is 4.80 Å². The van der Waals surface area contributed by atoms with Gasteiger partial charge in [0.25, 0.3) is 0 Å². The molecule has 0 bridgehead atoms. The molecule has 2 aromatic rings. The maximum absolute atomic E-state index is 10.9. The van der Waals surface area contributed by atoms with Gasteiger partial charge in [-0.25, -0.2) is 0 Å². The van der Waals surface area contributed by atoms with Crippen LogP contribution in [0.2, 0.25) is 23.2 Å². The predicted octanol–water partition coefficient (Wildman–Crippen LogP) is 7.55. The average Bonchev–Trinajstić information content (AvgIpc) is 2.76. The zero-order chi connectivity index (χ0) is 23.7. The van der Waals surface area contributed by atoms with E-state index in [1.54, 1.807) is 0 Å². The van der Waals surface area contributed by atoms with Gasteiger partial charge in [-0.2, -0.15) is 0 Å². The summed E-state index contributed by atoms with van der Waals surface area (Å²) in [5, 5.41) is 0.854. The first-order valence-corrected chi connectivity index (χ1v) is 16.1. The second kappa shape index (κ2) is 9.49. The molecule has 1 saturated heterocycles. The van der Waals surface area contributed by atoms with Gasteiger partial charge in [-0.1, -0.05) is 74.3 Å². The molecular formula is C29H42ClNOSi. The smallest absolute Gasteiger partial charge is 0.188 e. The first-order valence-electron chi connectivity index (χ1n) is 12.8. The Kier molecular flexibility index (Phi) is 7.18. The molecule has 33 heavy (non-hydrogen) atoms. The lowest BCUT2D eigenvalue weighted by molar-refractivity contribution is 0.0893. The number of nitrogens with zero attached hydrogens (tertiary/aromatic N) is 1. The predicted molar refractivity (Wildman–Crippen MR) is 144 cm³/mol. The van der Waals surface area contributed by atoms with E-state index in [-0.39, 0.29) is 10.5 Å². The van der Waals surface area contributed by atoms with Gasteiger partial charge in [0.2, 0.25) is 0 Å². The molecule has 0 spiro atoms. The molecule has 2 nitrogen and oxygen atoms in total. The fraction of sp³-hybridized carbons (Fsp3) is 0.586. The van der Waals surface area contributed by atoms with Crippen LogP contribution < -0.4 is 0 Å². The topological polar surface area (TPSA) is 23.5 Å². The maximum Gasteiger partial charge on any atom is 0.188 e. The van der Waals surface area contributed by atoms with Gasteiger partial charge in [0.05, 0.1) is 0 Å². The Morgan fingerprint density at radius 1 is 0.879 bits per heavy atom. The van der Waals surface area contributed by atoms with Crippen molar-refractivity contribution in [1.29, 1.82) is 0 Å². The molecule has 0 unspecified atom stereocenters. The lowest BCUT2D eigenvalue weighted by Crippen LogP contribution is -2.51. The first-order chi connectivity index (χ1) is 15.6. The van der Waals surface area contributed by atoms with Crippen LogP contribution in [0.3, 0.4) is 0 Å². The van der Waals surface area contributed by atoms with Crippen molar-refractivity contribution in [2.24, 2.45) is 0 Å². The van der Waals surface area contributed by atoms with Crippen LogP contribution in [0.5, 0.6) is 0 Å². The summed E-state index contributed by atoms with van der Waals surface area (Å²) >= 11 is 6.17. The molecule has 1 saturated carbocycles. The molecule has 1 aliphatic carbocycles. The second-order valence-corrected chi connectivity index (χ2v) is 16.9. The SMILES string of the molecule is CC(C)(CCC1(c2ccccc2)CCN(CC2(c3ccc(Cl)cc3)CCC2)CC1)[Si](C)(C)O. The van der Waals surface area contributed by atoms with Crippen LogP contribution in [-0.2, 0) is 10.8 Å². The summed E-state index contributed by atoms with van der Waals surface area (Å²) in [6, 6.07) is 19.8. The van der Waals surface area contributed by atoms with Crippen LogP contribution in [0.25, 0.3) is 0 Å². The third-order valence-corrected chi connectivity index (χ3v) is 13.2. The molecule has 1 heterocycles. The molecule has 1 aliphatic heterocycles. The number of halogens is 1. The van der Waals surface area contributed by atoms with Gasteiger partial charge in [-0.3, -0.25) is 0 Å². The van der Waals surface area contributed by atoms with Crippen molar-refractivity contribution in [2.75, 3.05) is 19.6 Å². The fourth-order valence-corrected chi connectivity index (χ4v) is 6.71. The van der Waals surface area contributed by atoms with E-state index in [2.05, 4.69) is 86.4 Å². The minimum absolute atomic E-state index is 0.0243. The number of benzene rings is 2. The van der Waals surface area contributed by atoms with Gasteiger partial charge in [-0.15, -0.1) is 0 Å². The largest absolute Gasteiger partial charge is 0.432 e. The molecule has 1 N–H and O–H groups in total. The summed E-state index contributed by atoms with van der Waals surface area (Å²) in [5.74, 6) is 0. The minimum Gasteiger partial charge on any atom is -0.432 e. The maximum atomic E-state index is 10.9. The quantitative estimate of drug-likeness (QED) is 0.391. The lowest BCUT2D eigenvalue weighted by atomic mass is 9.63. The molecule has 0 aromatic heterocycles. The molecule has 4 heteroatoms. The Labute approximate surface area is 207 Å². The van der Waals surface area contributed by atoms with E-state index >= 15 is 0 Å². The van der Waals surface area contributed by atoms with E-state index in [0.29, 0.717) is 5.41 Å². The molecule has 4 rings (SSSR count). The van der Waals surface area contributed by atoms with E-state index in [0.717, 1.165) is 31.0 Å². The van der Waals surface area contributed by atoms with E-state index in [4.69, 9.17) is 11.6 Å². The summed E-state index contributed by atoms with van der Waals surface area (Å²) in [7, 11) is -2.21. The molecule has 0 amide bonds. The monoisotopic (exact) mass is 483 g/mol. The summed E-state index contributed by atoms with van der Waals surface area (Å²) in [6.07, 6.45) is 8.58. The molecule has 0 radical (unpaired) electrons. The van der Waals surface area contributed by atoms with Gasteiger partial charge in [0.1, 0.15) is 0 Å². The summed E-state index contributed by atoms with van der Waals surface area (Å²) in [6.45, 7) is 12.2. The normalized spacial score (nSPS) is 20.9. The average molecular weight is 484 g/mol. The molecule has 0 atom stereocenters. The van der Waals surface area contributed by atoms with Gasteiger partial charge < -0.3 is 9.70 Å². The Balaban J connectivity index is 1.48. The highest BCUT2D eigenvalue weighted by Gasteiger charge is 2.45. The third kappa shape index (κ3) is 5.27. The van der Waals surface area contributed by atoms with E-state index in [1.807, 2.05) is 0 Å². The minimum atomic E-state index is -2.21. The van der Waals surface area contributed by atoms with Crippen LogP contribution in [0, 0.1) is 0 Å². The Morgan fingerprint density at radius 2 is 1.45 bits per heavy atom. The van der Waals surface area contributed by atoms with E-state index < -0.39 is 8.32 Å². The van der Waals surface area contributed by atoms with Crippen molar-refractivity contribution in [1.82, 2.24) is 4.90 Å². The van der Waals surface area contributed by atoms with Crippen LogP contribution in [0.1, 0.15) is 69.9 Å². The highest BCUT2D eigenvalue weighted by atomic mass is 35.5. The van der Waals surface area contributed by atoms with Crippen molar-refractivity contribution in [3.05, 3.63) is 70.7 Å². The van der Waals surface area contributed by atoms with Crippen LogP contribution in [0.4, 0.5) is 0 Å². The summed E-state index contributed by atoms with van der Waals surface area (Å²) in [5.41, 5.74) is 3.50. The van der Waals surface area contributed by atoms with Crippen molar-refractivity contribution in [3.63, 3.8) is 0 Å². The molecule has 2 fully saturated rings. The Bertz CT molecular complexity index is 907. The fourth-order valence-electron chi connectivity index (χ4n) is 5.84. The summed E-state index contributed by atoms with van der Waals surface area (Å²) < 4.78 is 0. The summed E-state index contributed by atoms with van der Waals surface area (Å²) in [4.78, 5) is 13.6. The second-order valence-electron chi connectivity index (χ2n) is 12.0. The molecule has 180 valence electrons. The van der Waals surface area contributed by atoms with Crippen LogP contribution in [-0.4, -0.2) is 37.6 Å². The number of rotatable bonds is 8. The van der Waals surface area contributed by atoms with Gasteiger partial charge in [0, 0.05) is 17.0 Å². The van der Waals surface area contributed by atoms with Crippen molar-refractivity contribution in [3.8, 4) is 0 Å². The third-order valence-electron chi connectivity index (χ3n) is 9.38. The number of hydrogen-bond donors (Lipinski definition) is 1. The van der Waals surface area contributed by atoms with Gasteiger partial charge in [0.15, 0.2) is 8.32 Å². The van der Waals surface area contributed by atoms with Gasteiger partial charge in [-0.05, 0) is 98.4 Å². The first kappa shape index (κ1) is 25.0. The van der Waals surface area contributed by atoms with Crippen LogP contribution >= 0.6 is 11.6 Å². The zero-order valence-corrected chi connectivity index (χ0v) is 22.8. The Morgan fingerprint density at radius 3 is 1.97 bits per heavy atom. The molecule has 2 aromatic carbocycles. The van der Waals surface area contributed by atoms with Crippen molar-refractivity contribution < 1.29 is 4.80 Å². The molecular weight excluding hydrogens is 442 g/mol. The zero-order valence-electron chi connectivity index (χ0n) is 21.0. The van der Waals surface area contributed by atoms with Gasteiger partial charge >= 0.3 is 0 Å². The number of likely N-dealkylation sites (tertiary alicyclic amines) is 1. The highest BCUT2D eigenvalue weighted by molar-refractivity contribution is 6.72. The van der Waals surface area contributed by atoms with Crippen molar-refractivity contribution in [2.45, 2.75) is 87.8 Å². The number of hydrogen-bond acceptors (Lipinski definition) is 2. The van der Waals surface area contributed by atoms with E-state index in [1.165, 1.54) is 49.8 Å². The number of piperidine rings is 1. The highest BCUT2D eigenvalue weighted by Crippen LogP contribution is 2.49.